The van der Waals surface area contributed by atoms with Crippen molar-refractivity contribution in [1.29, 1.82) is 0 Å². The highest BCUT2D eigenvalue weighted by Crippen LogP contribution is 2.73. The number of rotatable bonds is 2. The van der Waals surface area contributed by atoms with Gasteiger partial charge in [-0.15, -0.1) is 6.58 Å². The fourth-order valence-corrected chi connectivity index (χ4v) is 4.26. The Labute approximate surface area is 134 Å². The average Bonchev–Trinajstić information content (AvgIpc) is 2.78. The summed E-state index contributed by atoms with van der Waals surface area (Å²) < 4.78 is 14.5. The van der Waals surface area contributed by atoms with E-state index in [9.17, 15) is 0 Å². The van der Waals surface area contributed by atoms with Gasteiger partial charge in [0.15, 0.2) is 11.5 Å². The Bertz CT molecular complexity index is 895. The molecule has 1 aliphatic heterocycles. The molecule has 5 nitrogen and oxygen atoms in total. The molecule has 2 aromatic rings. The highest BCUT2D eigenvalue weighted by Gasteiger charge is 2.70. The average molecular weight is 309 g/mol. The molecule has 0 unspecified atom stereocenters. The monoisotopic (exact) mass is 309 g/mol. The van der Waals surface area contributed by atoms with Crippen LogP contribution in [-0.2, 0) is 9.47 Å². The van der Waals surface area contributed by atoms with E-state index in [2.05, 4.69) is 33.4 Å². The van der Waals surface area contributed by atoms with E-state index in [1.807, 2.05) is 26.8 Å². The van der Waals surface area contributed by atoms with Gasteiger partial charge in [0.25, 0.3) is 0 Å². The lowest BCUT2D eigenvalue weighted by atomic mass is 10.1. The first-order valence-electron chi connectivity index (χ1n) is 8.01. The van der Waals surface area contributed by atoms with Gasteiger partial charge in [0, 0.05) is 31.3 Å². The van der Waals surface area contributed by atoms with E-state index in [1.165, 1.54) is 0 Å². The summed E-state index contributed by atoms with van der Waals surface area (Å²) in [6.45, 7) is 9.97. The molecule has 0 radical (unpaired) electrons. The van der Waals surface area contributed by atoms with Crippen LogP contribution < -0.4 is 0 Å². The second kappa shape index (κ2) is 3.78. The molecule has 1 saturated carbocycles. The number of hydrogen-bond acceptors (Lipinski definition) is 4. The van der Waals surface area contributed by atoms with Gasteiger partial charge in [-0.25, -0.2) is 9.97 Å². The standard InChI is InChI=1S/C18H19N3O2/c1-5-18-8-12(18)13(14-15(18)23-17(3,4)22-14)21-7-6-11-10(2)19-9-20-16(11)21/h5-7,9,12-13H,1,8H2,2-4H3/t12-,13-,18+/m1/s1. The molecule has 1 fully saturated rings. The maximum Gasteiger partial charge on any atom is 0.245 e. The van der Waals surface area contributed by atoms with Crippen molar-refractivity contribution in [3.05, 3.63) is 48.5 Å². The molecule has 3 aliphatic rings. The second-order valence-corrected chi connectivity index (χ2v) is 7.22. The van der Waals surface area contributed by atoms with E-state index in [0.29, 0.717) is 5.92 Å². The Kier molecular flexibility index (Phi) is 2.16. The molecule has 118 valence electrons. The van der Waals surface area contributed by atoms with Gasteiger partial charge in [-0.2, -0.15) is 0 Å². The molecule has 0 amide bonds. The summed E-state index contributed by atoms with van der Waals surface area (Å²) in [4.78, 5) is 8.79. The van der Waals surface area contributed by atoms with E-state index < -0.39 is 5.79 Å². The largest absolute Gasteiger partial charge is 0.453 e. The van der Waals surface area contributed by atoms with Crippen molar-refractivity contribution >= 4 is 11.0 Å². The molecule has 0 aromatic carbocycles. The normalized spacial score (nSPS) is 33.2. The highest BCUT2D eigenvalue weighted by atomic mass is 16.7. The van der Waals surface area contributed by atoms with E-state index in [0.717, 1.165) is 34.7 Å². The van der Waals surface area contributed by atoms with E-state index >= 15 is 0 Å². The predicted octanol–water partition coefficient (Wildman–Crippen LogP) is 3.48. The minimum absolute atomic E-state index is 0.0631. The molecule has 23 heavy (non-hydrogen) atoms. The number of fused-ring (bicyclic) bond motifs is 3. The zero-order chi connectivity index (χ0) is 16.0. The quantitative estimate of drug-likeness (QED) is 0.797. The maximum absolute atomic E-state index is 6.16. The summed E-state index contributed by atoms with van der Waals surface area (Å²) in [6, 6.07) is 2.21. The molecule has 2 aliphatic carbocycles. The third kappa shape index (κ3) is 1.47. The van der Waals surface area contributed by atoms with Gasteiger partial charge in [0.2, 0.25) is 5.79 Å². The van der Waals surface area contributed by atoms with Crippen molar-refractivity contribution in [2.75, 3.05) is 0 Å². The van der Waals surface area contributed by atoms with Crippen LogP contribution in [0.1, 0.15) is 32.0 Å². The topological polar surface area (TPSA) is 49.2 Å². The van der Waals surface area contributed by atoms with E-state index in [-0.39, 0.29) is 11.5 Å². The fourth-order valence-electron chi connectivity index (χ4n) is 4.26. The summed E-state index contributed by atoms with van der Waals surface area (Å²) in [7, 11) is 0. The first kappa shape index (κ1) is 13.2. The zero-order valence-electron chi connectivity index (χ0n) is 13.5. The molecule has 3 heterocycles. The van der Waals surface area contributed by atoms with Gasteiger partial charge in [0.1, 0.15) is 18.0 Å². The van der Waals surface area contributed by atoms with Crippen LogP contribution in [0.4, 0.5) is 0 Å². The number of allylic oxidation sites excluding steroid dienone is 2. The van der Waals surface area contributed by atoms with Crippen LogP contribution in [0.25, 0.3) is 11.0 Å². The van der Waals surface area contributed by atoms with Gasteiger partial charge >= 0.3 is 0 Å². The predicted molar refractivity (Wildman–Crippen MR) is 85.3 cm³/mol. The highest BCUT2D eigenvalue weighted by molar-refractivity contribution is 5.78. The third-order valence-electron chi connectivity index (χ3n) is 5.43. The van der Waals surface area contributed by atoms with Crippen LogP contribution in [0, 0.1) is 18.3 Å². The number of ether oxygens (including phenoxy) is 2. The second-order valence-electron chi connectivity index (χ2n) is 7.22. The van der Waals surface area contributed by atoms with Crippen molar-refractivity contribution in [1.82, 2.24) is 14.5 Å². The Hall–Kier alpha value is -2.30. The fraction of sp³-hybridized carbons (Fsp3) is 0.444. The van der Waals surface area contributed by atoms with Gasteiger partial charge in [0.05, 0.1) is 11.1 Å². The number of aryl methyl sites for hydroxylation is 1. The Morgan fingerprint density at radius 1 is 1.35 bits per heavy atom. The lowest BCUT2D eigenvalue weighted by molar-refractivity contribution is -0.134. The Balaban J connectivity index is 1.69. The summed E-state index contributed by atoms with van der Waals surface area (Å²) in [5.41, 5.74) is 1.89. The lowest BCUT2D eigenvalue weighted by Crippen LogP contribution is -2.25. The summed E-state index contributed by atoms with van der Waals surface area (Å²) in [6.07, 6.45) is 6.81. The Morgan fingerprint density at radius 2 is 2.17 bits per heavy atom. The van der Waals surface area contributed by atoms with Gasteiger partial charge in [-0.1, -0.05) is 6.08 Å². The summed E-state index contributed by atoms with van der Waals surface area (Å²) >= 11 is 0. The molecule has 0 spiro atoms. The number of aromatic nitrogens is 3. The molecule has 5 rings (SSSR count). The van der Waals surface area contributed by atoms with Crippen LogP contribution in [0.15, 0.2) is 42.8 Å². The minimum atomic E-state index is -0.611. The molecule has 3 atom stereocenters. The third-order valence-corrected chi connectivity index (χ3v) is 5.43. The van der Waals surface area contributed by atoms with Gasteiger partial charge in [-0.3, -0.25) is 0 Å². The first-order chi connectivity index (χ1) is 11.0. The summed E-state index contributed by atoms with van der Waals surface area (Å²) in [5, 5.41) is 1.09. The van der Waals surface area contributed by atoms with Crippen LogP contribution >= 0.6 is 0 Å². The van der Waals surface area contributed by atoms with Crippen molar-refractivity contribution in [3.8, 4) is 0 Å². The molecular formula is C18H19N3O2. The van der Waals surface area contributed by atoms with Crippen LogP contribution in [-0.4, -0.2) is 20.3 Å². The molecule has 5 heteroatoms. The van der Waals surface area contributed by atoms with Crippen LogP contribution in [0.2, 0.25) is 0 Å². The van der Waals surface area contributed by atoms with Crippen molar-refractivity contribution in [2.24, 2.45) is 11.3 Å². The van der Waals surface area contributed by atoms with Crippen molar-refractivity contribution in [3.63, 3.8) is 0 Å². The summed E-state index contributed by atoms with van der Waals surface area (Å²) in [5.74, 6) is 1.74. The van der Waals surface area contributed by atoms with Crippen LogP contribution in [0.3, 0.4) is 0 Å². The van der Waals surface area contributed by atoms with Crippen LogP contribution in [0.5, 0.6) is 0 Å². The molecular weight excluding hydrogens is 290 g/mol. The molecule has 0 N–H and O–H groups in total. The van der Waals surface area contributed by atoms with Crippen molar-refractivity contribution in [2.45, 2.75) is 39.0 Å². The van der Waals surface area contributed by atoms with Crippen molar-refractivity contribution < 1.29 is 9.47 Å². The van der Waals surface area contributed by atoms with E-state index in [4.69, 9.17) is 9.47 Å². The SMILES string of the molecule is C=C[C@]12C[C@@H]1[C@@H](n1ccc3c(C)ncnc31)C1=C2OC(C)(C)O1. The van der Waals surface area contributed by atoms with Gasteiger partial charge < -0.3 is 14.0 Å². The number of nitrogens with zero attached hydrogens (tertiary/aromatic N) is 3. The first-order valence-corrected chi connectivity index (χ1v) is 8.01. The zero-order valence-corrected chi connectivity index (χ0v) is 13.5. The minimum Gasteiger partial charge on any atom is -0.453 e. The number of hydrogen-bond donors (Lipinski definition) is 0. The molecule has 0 saturated heterocycles. The smallest absolute Gasteiger partial charge is 0.245 e. The lowest BCUT2D eigenvalue weighted by Gasteiger charge is -2.25. The van der Waals surface area contributed by atoms with E-state index in [1.54, 1.807) is 6.33 Å². The molecule has 0 bridgehead atoms. The maximum atomic E-state index is 6.16. The Morgan fingerprint density at radius 3 is 2.96 bits per heavy atom. The molecule has 2 aromatic heterocycles. The van der Waals surface area contributed by atoms with Gasteiger partial charge in [-0.05, 0) is 19.4 Å².